The third-order valence-electron chi connectivity index (χ3n) is 7.61. The Balaban J connectivity index is 1.16. The summed E-state index contributed by atoms with van der Waals surface area (Å²) in [5.74, 6) is 0.873. The van der Waals surface area contributed by atoms with Crippen molar-refractivity contribution < 1.29 is 19.1 Å². The minimum absolute atomic E-state index is 0.00642. The molecule has 2 saturated heterocycles. The molecule has 2 aliphatic rings. The van der Waals surface area contributed by atoms with Gasteiger partial charge in [0.15, 0.2) is 5.65 Å². The van der Waals surface area contributed by atoms with E-state index in [1.807, 2.05) is 64.4 Å². The predicted molar refractivity (Wildman–Crippen MR) is 151 cm³/mol. The van der Waals surface area contributed by atoms with Gasteiger partial charge in [-0.1, -0.05) is 24.3 Å². The SMILES string of the molecule is COc1ccccc1-c1[nH]nc2ncc(-c3cccc(C(=O)N4CCN(CC(=O)N5CCOCC5)CC4)c3)cc12. The van der Waals surface area contributed by atoms with Gasteiger partial charge < -0.3 is 19.3 Å². The zero-order valence-electron chi connectivity index (χ0n) is 22.5. The molecule has 40 heavy (non-hydrogen) atoms. The molecule has 0 unspecified atom stereocenters. The Morgan fingerprint density at radius 2 is 1.73 bits per heavy atom. The molecule has 2 aromatic carbocycles. The fraction of sp³-hybridized carbons (Fsp3) is 0.333. The summed E-state index contributed by atoms with van der Waals surface area (Å²) in [5, 5.41) is 8.36. The smallest absolute Gasteiger partial charge is 0.253 e. The fourth-order valence-corrected chi connectivity index (χ4v) is 5.34. The molecule has 206 valence electrons. The van der Waals surface area contributed by atoms with Gasteiger partial charge in [-0.05, 0) is 35.9 Å². The van der Waals surface area contributed by atoms with E-state index in [2.05, 4.69) is 20.1 Å². The van der Waals surface area contributed by atoms with Crippen LogP contribution in [-0.2, 0) is 9.53 Å². The van der Waals surface area contributed by atoms with Crippen LogP contribution in [0.5, 0.6) is 5.75 Å². The van der Waals surface area contributed by atoms with Gasteiger partial charge in [-0.25, -0.2) is 4.98 Å². The van der Waals surface area contributed by atoms with Gasteiger partial charge in [0.25, 0.3) is 5.91 Å². The standard InChI is InChI=1S/C30H32N6O4/c1-39-26-8-3-2-7-24(26)28-25-18-23(19-31-29(25)33-32-28)21-5-4-6-22(17-21)30(38)36-11-9-34(10-12-36)20-27(37)35-13-15-40-16-14-35/h2-8,17-19H,9-16,20H2,1H3,(H,31,32,33). The van der Waals surface area contributed by atoms with Gasteiger partial charge in [0.05, 0.1) is 32.6 Å². The van der Waals surface area contributed by atoms with Crippen molar-refractivity contribution in [3.05, 3.63) is 66.4 Å². The molecule has 2 amide bonds. The first-order chi connectivity index (χ1) is 19.6. The van der Waals surface area contributed by atoms with Crippen LogP contribution in [0.15, 0.2) is 60.8 Å². The average molecular weight is 541 g/mol. The van der Waals surface area contributed by atoms with E-state index in [9.17, 15) is 9.59 Å². The highest BCUT2D eigenvalue weighted by Crippen LogP contribution is 2.34. The number of methoxy groups -OCH3 is 1. The molecule has 2 fully saturated rings. The summed E-state index contributed by atoms with van der Waals surface area (Å²) in [7, 11) is 1.65. The van der Waals surface area contributed by atoms with Crippen LogP contribution in [0.3, 0.4) is 0 Å². The van der Waals surface area contributed by atoms with Crippen LogP contribution >= 0.6 is 0 Å². The van der Waals surface area contributed by atoms with Crippen molar-refractivity contribution in [2.45, 2.75) is 0 Å². The summed E-state index contributed by atoms with van der Waals surface area (Å²) >= 11 is 0. The van der Waals surface area contributed by atoms with Crippen molar-refractivity contribution in [1.29, 1.82) is 0 Å². The lowest BCUT2D eigenvalue weighted by Gasteiger charge is -2.36. The molecule has 1 N–H and O–H groups in total. The maximum atomic E-state index is 13.4. The molecule has 4 heterocycles. The van der Waals surface area contributed by atoms with E-state index in [-0.39, 0.29) is 11.8 Å². The first-order valence-corrected chi connectivity index (χ1v) is 13.6. The summed E-state index contributed by atoms with van der Waals surface area (Å²) in [4.78, 5) is 36.4. The van der Waals surface area contributed by atoms with E-state index in [4.69, 9.17) is 9.47 Å². The Morgan fingerprint density at radius 1 is 0.925 bits per heavy atom. The lowest BCUT2D eigenvalue weighted by atomic mass is 10.0. The Morgan fingerprint density at radius 3 is 2.52 bits per heavy atom. The van der Waals surface area contributed by atoms with Crippen molar-refractivity contribution in [3.8, 4) is 28.1 Å². The number of morpholine rings is 1. The molecule has 0 bridgehead atoms. The van der Waals surface area contributed by atoms with Gasteiger partial charge in [0.2, 0.25) is 5.91 Å². The highest BCUT2D eigenvalue weighted by Gasteiger charge is 2.26. The zero-order valence-corrected chi connectivity index (χ0v) is 22.5. The van der Waals surface area contributed by atoms with Crippen molar-refractivity contribution >= 4 is 22.8 Å². The number of nitrogens with zero attached hydrogens (tertiary/aromatic N) is 5. The van der Waals surface area contributed by atoms with Gasteiger partial charge in [0, 0.05) is 67.5 Å². The van der Waals surface area contributed by atoms with Crippen molar-refractivity contribution in [2.24, 2.45) is 0 Å². The number of hydrogen-bond donors (Lipinski definition) is 1. The number of hydrogen-bond acceptors (Lipinski definition) is 7. The van der Waals surface area contributed by atoms with Crippen LogP contribution in [-0.4, -0.2) is 108 Å². The molecule has 0 aliphatic carbocycles. The lowest BCUT2D eigenvalue weighted by Crippen LogP contribution is -2.52. The fourth-order valence-electron chi connectivity index (χ4n) is 5.34. The van der Waals surface area contributed by atoms with E-state index in [0.717, 1.165) is 33.5 Å². The molecule has 10 nitrogen and oxygen atoms in total. The molecular weight excluding hydrogens is 508 g/mol. The summed E-state index contributed by atoms with van der Waals surface area (Å²) in [6.45, 7) is 5.41. The molecule has 4 aromatic rings. The number of carbonyl (C=O) groups excluding carboxylic acids is 2. The number of aromatic amines is 1. The number of pyridine rings is 1. The number of ether oxygens (including phenoxy) is 2. The minimum Gasteiger partial charge on any atom is -0.496 e. The van der Waals surface area contributed by atoms with Crippen LogP contribution in [0.1, 0.15) is 10.4 Å². The van der Waals surface area contributed by atoms with E-state index in [1.54, 1.807) is 13.3 Å². The highest BCUT2D eigenvalue weighted by atomic mass is 16.5. The number of nitrogens with one attached hydrogen (secondary N) is 1. The second-order valence-corrected chi connectivity index (χ2v) is 10.0. The summed E-state index contributed by atoms with van der Waals surface area (Å²) in [6, 6.07) is 17.5. The Labute approximate surface area is 232 Å². The number of fused-ring (bicyclic) bond motifs is 1. The van der Waals surface area contributed by atoms with Crippen LogP contribution in [0, 0.1) is 0 Å². The van der Waals surface area contributed by atoms with Crippen LogP contribution in [0.4, 0.5) is 0 Å². The molecule has 6 rings (SSSR count). The van der Waals surface area contributed by atoms with Gasteiger partial charge in [-0.15, -0.1) is 0 Å². The van der Waals surface area contributed by atoms with Crippen LogP contribution in [0.2, 0.25) is 0 Å². The molecule has 0 atom stereocenters. The number of amides is 2. The van der Waals surface area contributed by atoms with Crippen molar-refractivity contribution in [1.82, 2.24) is 29.9 Å². The van der Waals surface area contributed by atoms with Crippen molar-refractivity contribution in [3.63, 3.8) is 0 Å². The number of rotatable bonds is 6. The maximum Gasteiger partial charge on any atom is 0.253 e. The third-order valence-corrected chi connectivity index (χ3v) is 7.61. The number of H-pyrrole nitrogens is 1. The van der Waals surface area contributed by atoms with Gasteiger partial charge in [-0.3, -0.25) is 19.6 Å². The average Bonchev–Trinajstić information content (AvgIpc) is 3.44. The summed E-state index contributed by atoms with van der Waals surface area (Å²) in [6.07, 6.45) is 1.78. The Hall–Kier alpha value is -4.28. The Kier molecular flexibility index (Phi) is 7.43. The molecule has 0 saturated carbocycles. The maximum absolute atomic E-state index is 13.4. The number of para-hydroxylation sites is 1. The minimum atomic E-state index is -0.00642. The molecule has 0 spiro atoms. The second-order valence-electron chi connectivity index (χ2n) is 10.0. The van der Waals surface area contributed by atoms with E-state index in [0.29, 0.717) is 70.2 Å². The quantitative estimate of drug-likeness (QED) is 0.401. The van der Waals surface area contributed by atoms with Crippen molar-refractivity contribution in [2.75, 3.05) is 66.1 Å². The van der Waals surface area contributed by atoms with Gasteiger partial charge >= 0.3 is 0 Å². The molecular formula is C30H32N6O4. The molecule has 0 radical (unpaired) electrons. The number of aromatic nitrogens is 3. The van der Waals surface area contributed by atoms with Gasteiger partial charge in [0.1, 0.15) is 5.75 Å². The second kappa shape index (κ2) is 11.4. The van der Waals surface area contributed by atoms with E-state index >= 15 is 0 Å². The normalized spacial score (nSPS) is 16.3. The molecule has 2 aromatic heterocycles. The largest absolute Gasteiger partial charge is 0.496 e. The van der Waals surface area contributed by atoms with Crippen LogP contribution < -0.4 is 4.74 Å². The monoisotopic (exact) mass is 540 g/mol. The zero-order chi connectivity index (χ0) is 27.5. The number of piperazine rings is 1. The third kappa shape index (κ3) is 5.28. The molecule has 2 aliphatic heterocycles. The van der Waals surface area contributed by atoms with E-state index < -0.39 is 0 Å². The molecule has 10 heteroatoms. The topological polar surface area (TPSA) is 104 Å². The van der Waals surface area contributed by atoms with Crippen LogP contribution in [0.25, 0.3) is 33.4 Å². The Bertz CT molecular complexity index is 1520. The highest BCUT2D eigenvalue weighted by molar-refractivity contribution is 5.97. The van der Waals surface area contributed by atoms with Gasteiger partial charge in [-0.2, -0.15) is 5.10 Å². The first kappa shape index (κ1) is 26.0. The lowest BCUT2D eigenvalue weighted by molar-refractivity contribution is -0.136. The predicted octanol–water partition coefficient (Wildman–Crippen LogP) is 2.92. The first-order valence-electron chi connectivity index (χ1n) is 13.6. The number of carbonyl (C=O) groups is 2. The van der Waals surface area contributed by atoms with E-state index in [1.165, 1.54) is 0 Å². The summed E-state index contributed by atoms with van der Waals surface area (Å²) < 4.78 is 10.9. The summed E-state index contributed by atoms with van der Waals surface area (Å²) in [5.41, 5.74) is 4.78. The number of benzene rings is 2.